The van der Waals surface area contributed by atoms with Gasteiger partial charge in [0.1, 0.15) is 0 Å². The number of amides is 2. The summed E-state index contributed by atoms with van der Waals surface area (Å²) in [4.78, 5) is 28.2. The molecule has 0 saturated heterocycles. The van der Waals surface area contributed by atoms with Crippen molar-refractivity contribution in [2.24, 2.45) is 14.1 Å². The van der Waals surface area contributed by atoms with Crippen molar-refractivity contribution >= 4 is 78.4 Å². The first kappa shape index (κ1) is 28.1. The summed E-state index contributed by atoms with van der Waals surface area (Å²) in [7, 11) is 5.88. The van der Waals surface area contributed by atoms with Crippen LogP contribution < -0.4 is 10.6 Å². The number of carbonyl (C=O) groups excluding carboxylic acids is 2. The topological polar surface area (TPSA) is 71.3 Å². The fourth-order valence-electron chi connectivity index (χ4n) is 5.80. The Hall–Kier alpha value is -4.04. The fraction of sp³-hybridized carbons (Fsp3) is 0.212. The first-order chi connectivity index (χ1) is 20.2. The summed E-state index contributed by atoms with van der Waals surface area (Å²) in [6.45, 7) is 2.28. The van der Waals surface area contributed by atoms with Gasteiger partial charge in [0.25, 0.3) is 11.8 Å². The van der Waals surface area contributed by atoms with Gasteiger partial charge < -0.3 is 24.7 Å². The second-order valence-corrected chi connectivity index (χ2v) is 11.6. The third-order valence-electron chi connectivity index (χ3n) is 7.89. The zero-order chi connectivity index (χ0) is 29.5. The summed E-state index contributed by atoms with van der Waals surface area (Å²) in [6.07, 6.45) is 3.75. The first-order valence-electron chi connectivity index (χ1n) is 13.8. The standard InChI is InChI=1S/C33H31Cl2N5O2/c1-38(14-12-36-32(41)28-18-39(2)30-24-10-6-22(34)16-20(24)4-8-26(28)30)15-13-37-33(42)29-19-40(3)31-25-11-7-23(35)17-21(25)5-9-27(29)31/h4-11,16-19H,12-15H2,1-3H3,(H,36,41)(H,37,42). The first-order valence-corrected chi connectivity index (χ1v) is 14.6. The van der Waals surface area contributed by atoms with Gasteiger partial charge in [-0.15, -0.1) is 0 Å². The lowest BCUT2D eigenvalue weighted by atomic mass is 10.1. The second-order valence-electron chi connectivity index (χ2n) is 10.8. The number of nitrogens with one attached hydrogen (secondary N) is 2. The van der Waals surface area contributed by atoms with Crippen LogP contribution in [0.15, 0.2) is 73.1 Å². The SMILES string of the molecule is CN(CCNC(=O)c1cn(C)c2c1ccc1cc(Cl)ccc12)CCNC(=O)c1cn(C)c2c1ccc1cc(Cl)ccc12. The number of likely N-dealkylation sites (N-methyl/N-ethyl adjacent to an activating group) is 1. The molecule has 2 N–H and O–H groups in total. The molecule has 0 unspecified atom stereocenters. The van der Waals surface area contributed by atoms with E-state index in [2.05, 4.69) is 15.5 Å². The monoisotopic (exact) mass is 599 g/mol. The molecule has 0 atom stereocenters. The van der Waals surface area contributed by atoms with Gasteiger partial charge >= 0.3 is 0 Å². The number of hydrogen-bond donors (Lipinski definition) is 2. The van der Waals surface area contributed by atoms with Gasteiger partial charge in [-0.3, -0.25) is 9.59 Å². The third kappa shape index (κ3) is 5.20. The van der Waals surface area contributed by atoms with Crippen molar-refractivity contribution in [2.75, 3.05) is 33.2 Å². The molecular formula is C33H31Cl2N5O2. The largest absolute Gasteiger partial charge is 0.351 e. The van der Waals surface area contributed by atoms with E-state index < -0.39 is 0 Å². The smallest absolute Gasteiger partial charge is 0.253 e. The van der Waals surface area contributed by atoms with E-state index in [-0.39, 0.29) is 11.8 Å². The molecule has 2 aromatic heterocycles. The summed E-state index contributed by atoms with van der Waals surface area (Å²) < 4.78 is 3.98. The van der Waals surface area contributed by atoms with Gasteiger partial charge in [0, 0.05) is 84.3 Å². The highest BCUT2D eigenvalue weighted by Gasteiger charge is 2.17. The van der Waals surface area contributed by atoms with Gasteiger partial charge in [0.05, 0.1) is 22.2 Å². The van der Waals surface area contributed by atoms with Crippen LogP contribution in [0.5, 0.6) is 0 Å². The van der Waals surface area contributed by atoms with Crippen LogP contribution in [0.25, 0.3) is 43.4 Å². The number of benzene rings is 4. The summed E-state index contributed by atoms with van der Waals surface area (Å²) in [5, 5.41) is 13.5. The Kier molecular flexibility index (Phi) is 7.58. The Bertz CT molecular complexity index is 1870. The minimum absolute atomic E-state index is 0.110. The Morgan fingerprint density at radius 1 is 0.667 bits per heavy atom. The van der Waals surface area contributed by atoms with Crippen LogP contribution in [0.1, 0.15) is 20.7 Å². The molecule has 2 heterocycles. The summed E-state index contributed by atoms with van der Waals surface area (Å²) in [6, 6.07) is 19.5. The summed E-state index contributed by atoms with van der Waals surface area (Å²) in [5.74, 6) is -0.220. The van der Waals surface area contributed by atoms with Gasteiger partial charge in [-0.25, -0.2) is 0 Å². The van der Waals surface area contributed by atoms with E-state index in [0.717, 1.165) is 43.4 Å². The van der Waals surface area contributed by atoms with Crippen LogP contribution in [0.2, 0.25) is 10.0 Å². The number of nitrogens with zero attached hydrogens (tertiary/aromatic N) is 3. The Balaban J connectivity index is 1.04. The fourth-order valence-corrected chi connectivity index (χ4v) is 6.16. The van der Waals surface area contributed by atoms with Crippen molar-refractivity contribution in [1.29, 1.82) is 0 Å². The third-order valence-corrected chi connectivity index (χ3v) is 8.36. The van der Waals surface area contributed by atoms with Crippen LogP contribution in [0, 0.1) is 0 Å². The highest BCUT2D eigenvalue weighted by molar-refractivity contribution is 6.32. The van der Waals surface area contributed by atoms with E-state index in [1.807, 2.05) is 103 Å². The van der Waals surface area contributed by atoms with Gasteiger partial charge in [0.2, 0.25) is 0 Å². The maximum absolute atomic E-state index is 13.1. The predicted molar refractivity (Wildman–Crippen MR) is 173 cm³/mol. The van der Waals surface area contributed by atoms with Gasteiger partial charge in [0.15, 0.2) is 0 Å². The zero-order valence-electron chi connectivity index (χ0n) is 23.7. The molecule has 9 heteroatoms. The molecule has 214 valence electrons. The van der Waals surface area contributed by atoms with Crippen molar-refractivity contribution in [3.05, 3.63) is 94.2 Å². The molecule has 7 nitrogen and oxygen atoms in total. The molecule has 42 heavy (non-hydrogen) atoms. The van der Waals surface area contributed by atoms with E-state index >= 15 is 0 Å². The molecule has 6 rings (SSSR count). The molecule has 0 aliphatic heterocycles. The Morgan fingerprint density at radius 3 is 1.50 bits per heavy atom. The molecule has 0 radical (unpaired) electrons. The van der Waals surface area contributed by atoms with Crippen molar-refractivity contribution in [3.8, 4) is 0 Å². The molecule has 2 amide bonds. The van der Waals surface area contributed by atoms with E-state index in [4.69, 9.17) is 23.2 Å². The van der Waals surface area contributed by atoms with E-state index in [9.17, 15) is 9.59 Å². The average molecular weight is 601 g/mol. The van der Waals surface area contributed by atoms with Crippen molar-refractivity contribution in [1.82, 2.24) is 24.7 Å². The molecule has 4 aromatic carbocycles. The van der Waals surface area contributed by atoms with Crippen LogP contribution in [-0.2, 0) is 14.1 Å². The zero-order valence-corrected chi connectivity index (χ0v) is 25.2. The van der Waals surface area contributed by atoms with Crippen LogP contribution in [-0.4, -0.2) is 59.1 Å². The molecule has 0 saturated carbocycles. The number of aromatic nitrogens is 2. The molecule has 0 aliphatic carbocycles. The van der Waals surface area contributed by atoms with E-state index in [0.29, 0.717) is 47.4 Å². The highest BCUT2D eigenvalue weighted by atomic mass is 35.5. The van der Waals surface area contributed by atoms with Crippen molar-refractivity contribution < 1.29 is 9.59 Å². The van der Waals surface area contributed by atoms with Gasteiger partial charge in [-0.1, -0.05) is 59.6 Å². The number of aryl methyl sites for hydroxylation is 2. The second kappa shape index (κ2) is 11.3. The van der Waals surface area contributed by atoms with Crippen LogP contribution >= 0.6 is 23.2 Å². The van der Waals surface area contributed by atoms with Gasteiger partial charge in [-0.2, -0.15) is 0 Å². The number of fused-ring (bicyclic) bond motifs is 6. The van der Waals surface area contributed by atoms with E-state index in [1.54, 1.807) is 0 Å². The lowest BCUT2D eigenvalue weighted by Gasteiger charge is -2.17. The predicted octanol–water partition coefficient (Wildman–Crippen LogP) is 6.37. The lowest BCUT2D eigenvalue weighted by molar-refractivity contribution is 0.0950. The number of halogens is 2. The quantitative estimate of drug-likeness (QED) is 0.213. The molecule has 0 fully saturated rings. The van der Waals surface area contributed by atoms with Crippen LogP contribution in [0.4, 0.5) is 0 Å². The van der Waals surface area contributed by atoms with Crippen LogP contribution in [0.3, 0.4) is 0 Å². The Morgan fingerprint density at radius 2 is 1.07 bits per heavy atom. The van der Waals surface area contributed by atoms with Crippen molar-refractivity contribution in [3.63, 3.8) is 0 Å². The maximum Gasteiger partial charge on any atom is 0.253 e. The lowest BCUT2D eigenvalue weighted by Crippen LogP contribution is -2.37. The molecule has 0 spiro atoms. The highest BCUT2D eigenvalue weighted by Crippen LogP contribution is 2.32. The normalized spacial score (nSPS) is 11.8. The maximum atomic E-state index is 13.1. The Labute approximate surface area is 253 Å². The summed E-state index contributed by atoms with van der Waals surface area (Å²) >= 11 is 12.3. The van der Waals surface area contributed by atoms with Crippen molar-refractivity contribution in [2.45, 2.75) is 0 Å². The molecule has 0 aliphatic rings. The molecule has 0 bridgehead atoms. The van der Waals surface area contributed by atoms with Gasteiger partial charge in [-0.05, 0) is 42.1 Å². The molecular weight excluding hydrogens is 569 g/mol. The summed E-state index contributed by atoms with van der Waals surface area (Å²) in [5.41, 5.74) is 3.30. The number of rotatable bonds is 8. The average Bonchev–Trinajstić information content (AvgIpc) is 3.49. The minimum Gasteiger partial charge on any atom is -0.351 e. The number of hydrogen-bond acceptors (Lipinski definition) is 3. The number of carbonyl (C=O) groups is 2. The van der Waals surface area contributed by atoms with E-state index in [1.165, 1.54) is 0 Å². The molecule has 6 aromatic rings. The minimum atomic E-state index is -0.110.